The summed E-state index contributed by atoms with van der Waals surface area (Å²) in [5.74, 6) is 0.271. The van der Waals surface area contributed by atoms with E-state index < -0.39 is 5.69 Å². The molecule has 0 spiro atoms. The van der Waals surface area contributed by atoms with Crippen molar-refractivity contribution in [2.75, 3.05) is 0 Å². The van der Waals surface area contributed by atoms with Gasteiger partial charge in [0.25, 0.3) is 5.56 Å². The molecular formula is C10H16N2O3. The van der Waals surface area contributed by atoms with Crippen LogP contribution in [0.25, 0.3) is 0 Å². The summed E-state index contributed by atoms with van der Waals surface area (Å²) in [5.41, 5.74) is -0.451. The number of H-pyrrole nitrogens is 2. The monoisotopic (exact) mass is 212 g/mol. The highest BCUT2D eigenvalue weighted by molar-refractivity contribution is 5.25. The molecule has 0 saturated heterocycles. The highest BCUT2D eigenvalue weighted by Crippen LogP contribution is 2.19. The topological polar surface area (TPSA) is 75.0 Å². The van der Waals surface area contributed by atoms with Crippen LogP contribution in [0.4, 0.5) is 0 Å². The number of rotatable bonds is 3. The minimum absolute atomic E-state index is 0.000602. The molecule has 15 heavy (non-hydrogen) atoms. The smallest absolute Gasteiger partial charge is 0.328 e. The number of ether oxygens (including phenoxy) is 1. The third-order valence-electron chi connectivity index (χ3n) is 1.87. The molecule has 0 bridgehead atoms. The van der Waals surface area contributed by atoms with E-state index in [2.05, 4.69) is 9.97 Å². The first-order valence-electron chi connectivity index (χ1n) is 4.95. The van der Waals surface area contributed by atoms with Crippen molar-refractivity contribution in [1.82, 2.24) is 9.97 Å². The molecule has 0 atom stereocenters. The second-order valence-electron chi connectivity index (χ2n) is 3.97. The summed E-state index contributed by atoms with van der Waals surface area (Å²) in [5, 5.41) is 0. The summed E-state index contributed by atoms with van der Waals surface area (Å²) in [6.07, 6.45) is -0.0834. The Balaban J connectivity index is 3.33. The van der Waals surface area contributed by atoms with Crippen LogP contribution in [0.15, 0.2) is 9.59 Å². The highest BCUT2D eigenvalue weighted by Gasteiger charge is 2.15. The van der Waals surface area contributed by atoms with Gasteiger partial charge in [0.15, 0.2) is 0 Å². The van der Waals surface area contributed by atoms with Crippen molar-refractivity contribution in [1.29, 1.82) is 0 Å². The Morgan fingerprint density at radius 3 is 2.13 bits per heavy atom. The van der Waals surface area contributed by atoms with E-state index in [1.165, 1.54) is 0 Å². The van der Waals surface area contributed by atoms with E-state index in [1.54, 1.807) is 0 Å². The molecule has 0 amide bonds. The zero-order chi connectivity index (χ0) is 11.6. The molecule has 0 radical (unpaired) electrons. The zero-order valence-electron chi connectivity index (χ0n) is 9.38. The van der Waals surface area contributed by atoms with Crippen molar-refractivity contribution in [3.05, 3.63) is 26.4 Å². The van der Waals surface area contributed by atoms with E-state index in [-0.39, 0.29) is 23.5 Å². The summed E-state index contributed by atoms with van der Waals surface area (Å²) >= 11 is 0. The van der Waals surface area contributed by atoms with Gasteiger partial charge in [-0.15, -0.1) is 0 Å². The van der Waals surface area contributed by atoms with E-state index in [1.807, 2.05) is 27.7 Å². The molecule has 1 aromatic heterocycles. The molecule has 0 saturated carbocycles. The molecule has 1 heterocycles. The van der Waals surface area contributed by atoms with Gasteiger partial charge in [0, 0.05) is 0 Å². The summed E-state index contributed by atoms with van der Waals surface area (Å²) in [4.78, 5) is 27.3. The number of aromatic nitrogens is 2. The molecule has 1 rings (SSSR count). The molecule has 0 fully saturated rings. The van der Waals surface area contributed by atoms with Crippen LogP contribution in [0.2, 0.25) is 0 Å². The van der Waals surface area contributed by atoms with E-state index in [4.69, 9.17) is 4.74 Å². The van der Waals surface area contributed by atoms with Gasteiger partial charge in [-0.2, -0.15) is 0 Å². The van der Waals surface area contributed by atoms with Gasteiger partial charge in [-0.1, -0.05) is 13.8 Å². The van der Waals surface area contributed by atoms with E-state index in [0.717, 1.165) is 0 Å². The van der Waals surface area contributed by atoms with Crippen LogP contribution in [-0.4, -0.2) is 16.1 Å². The minimum Gasteiger partial charge on any atom is -0.476 e. The molecule has 0 aliphatic rings. The fourth-order valence-electron chi connectivity index (χ4n) is 1.33. The number of hydrogen-bond donors (Lipinski definition) is 2. The van der Waals surface area contributed by atoms with Gasteiger partial charge >= 0.3 is 5.69 Å². The van der Waals surface area contributed by atoms with Crippen molar-refractivity contribution in [2.24, 2.45) is 0 Å². The lowest BCUT2D eigenvalue weighted by Gasteiger charge is -2.14. The summed E-state index contributed by atoms with van der Waals surface area (Å²) in [6.45, 7) is 7.42. The molecular weight excluding hydrogens is 196 g/mol. The van der Waals surface area contributed by atoms with Gasteiger partial charge in [-0.3, -0.25) is 14.8 Å². The predicted octanol–water partition coefficient (Wildman–Crippen LogP) is 0.974. The largest absolute Gasteiger partial charge is 0.476 e. The lowest BCUT2D eigenvalue weighted by atomic mass is 10.1. The fraction of sp³-hybridized carbons (Fsp3) is 0.600. The standard InChI is InChI=1S/C10H16N2O3/c1-5(2)7-8(13)11-10(14)12-9(7)15-6(3)4/h5-6H,1-4H3,(H2,11,12,13,14). The maximum atomic E-state index is 11.5. The van der Waals surface area contributed by atoms with Crippen LogP contribution < -0.4 is 16.0 Å². The molecule has 1 aromatic rings. The van der Waals surface area contributed by atoms with Crippen molar-refractivity contribution in [3.63, 3.8) is 0 Å². The van der Waals surface area contributed by atoms with Gasteiger partial charge < -0.3 is 4.74 Å². The fourth-order valence-corrected chi connectivity index (χ4v) is 1.33. The van der Waals surface area contributed by atoms with Gasteiger partial charge in [0.1, 0.15) is 0 Å². The van der Waals surface area contributed by atoms with Crippen molar-refractivity contribution in [2.45, 2.75) is 39.7 Å². The number of nitrogens with one attached hydrogen (secondary N) is 2. The molecule has 0 aliphatic heterocycles. The van der Waals surface area contributed by atoms with Crippen LogP contribution in [0.3, 0.4) is 0 Å². The van der Waals surface area contributed by atoms with Crippen molar-refractivity contribution < 1.29 is 4.74 Å². The Bertz CT molecular complexity index is 443. The predicted molar refractivity (Wildman–Crippen MR) is 57.5 cm³/mol. The second kappa shape index (κ2) is 4.33. The molecule has 84 valence electrons. The third-order valence-corrected chi connectivity index (χ3v) is 1.87. The quantitative estimate of drug-likeness (QED) is 0.784. The van der Waals surface area contributed by atoms with Crippen molar-refractivity contribution in [3.8, 4) is 5.88 Å². The minimum atomic E-state index is -0.542. The Morgan fingerprint density at radius 1 is 1.07 bits per heavy atom. The average Bonchev–Trinajstić information content (AvgIpc) is 1.99. The van der Waals surface area contributed by atoms with Crippen LogP contribution in [-0.2, 0) is 0 Å². The first-order valence-corrected chi connectivity index (χ1v) is 4.95. The average molecular weight is 212 g/mol. The van der Waals surface area contributed by atoms with Gasteiger partial charge in [-0.25, -0.2) is 4.79 Å². The van der Waals surface area contributed by atoms with Gasteiger partial charge in [-0.05, 0) is 19.8 Å². The maximum absolute atomic E-state index is 11.5. The lowest BCUT2D eigenvalue weighted by molar-refractivity contribution is 0.227. The van der Waals surface area contributed by atoms with E-state index >= 15 is 0 Å². The maximum Gasteiger partial charge on any atom is 0.328 e. The number of hydrogen-bond acceptors (Lipinski definition) is 3. The molecule has 5 heteroatoms. The van der Waals surface area contributed by atoms with Crippen molar-refractivity contribution >= 4 is 0 Å². The Kier molecular flexibility index (Phi) is 3.34. The summed E-state index contributed by atoms with van der Waals surface area (Å²) in [6, 6.07) is 0. The summed E-state index contributed by atoms with van der Waals surface area (Å²) in [7, 11) is 0. The molecule has 0 unspecified atom stereocenters. The van der Waals surface area contributed by atoms with Gasteiger partial charge in [0.2, 0.25) is 5.88 Å². The summed E-state index contributed by atoms with van der Waals surface area (Å²) < 4.78 is 5.39. The normalized spacial score (nSPS) is 11.1. The van der Waals surface area contributed by atoms with Crippen LogP contribution in [0, 0.1) is 0 Å². The zero-order valence-corrected chi connectivity index (χ0v) is 9.38. The Morgan fingerprint density at radius 2 is 1.67 bits per heavy atom. The van der Waals surface area contributed by atoms with E-state index in [0.29, 0.717) is 5.56 Å². The second-order valence-corrected chi connectivity index (χ2v) is 3.97. The van der Waals surface area contributed by atoms with Crippen LogP contribution >= 0.6 is 0 Å². The molecule has 2 N–H and O–H groups in total. The lowest BCUT2D eigenvalue weighted by Crippen LogP contribution is -2.28. The van der Waals surface area contributed by atoms with E-state index in [9.17, 15) is 9.59 Å². The Hall–Kier alpha value is -1.52. The molecule has 0 aromatic carbocycles. The first-order chi connectivity index (χ1) is 6.91. The van der Waals surface area contributed by atoms with Crippen LogP contribution in [0.1, 0.15) is 39.2 Å². The first kappa shape index (κ1) is 11.6. The SMILES string of the molecule is CC(C)Oc1[nH]c(=O)[nH]c(=O)c1C(C)C. The number of aromatic amines is 2. The molecule has 0 aliphatic carbocycles. The Labute approximate surface area is 87.5 Å². The molecule has 5 nitrogen and oxygen atoms in total. The van der Waals surface area contributed by atoms with Crippen LogP contribution in [0.5, 0.6) is 5.88 Å². The van der Waals surface area contributed by atoms with Gasteiger partial charge in [0.05, 0.1) is 11.7 Å². The third kappa shape index (κ3) is 2.71. The highest BCUT2D eigenvalue weighted by atomic mass is 16.5.